The second-order valence-electron chi connectivity index (χ2n) is 16.8. The molecule has 0 amide bonds. The van der Waals surface area contributed by atoms with Crippen LogP contribution in [-0.2, 0) is 28.6 Å². The van der Waals surface area contributed by atoms with Gasteiger partial charge < -0.3 is 14.2 Å². The fourth-order valence-electron chi connectivity index (χ4n) is 6.98. The average molecular weight is 839 g/mol. The molecule has 1 atom stereocenters. The van der Waals surface area contributed by atoms with Gasteiger partial charge in [0, 0.05) is 19.3 Å². The Hall–Kier alpha value is -2.89. The minimum Gasteiger partial charge on any atom is -0.462 e. The summed E-state index contributed by atoms with van der Waals surface area (Å²) in [7, 11) is 0. The van der Waals surface area contributed by atoms with Crippen molar-refractivity contribution in [2.24, 2.45) is 0 Å². The lowest BCUT2D eigenvalue weighted by Gasteiger charge is -2.18. The first-order valence-electron chi connectivity index (χ1n) is 25.3. The normalized spacial score (nSPS) is 12.5. The van der Waals surface area contributed by atoms with Crippen molar-refractivity contribution in [3.8, 4) is 0 Å². The van der Waals surface area contributed by atoms with Crippen LogP contribution < -0.4 is 0 Å². The van der Waals surface area contributed by atoms with Crippen LogP contribution in [-0.4, -0.2) is 37.2 Å². The van der Waals surface area contributed by atoms with E-state index in [0.717, 1.165) is 96.3 Å². The van der Waals surface area contributed by atoms with E-state index in [1.54, 1.807) is 0 Å². The summed E-state index contributed by atoms with van der Waals surface area (Å²) in [6, 6.07) is 0. The van der Waals surface area contributed by atoms with Crippen LogP contribution in [0.5, 0.6) is 0 Å². The van der Waals surface area contributed by atoms with Gasteiger partial charge in [0.25, 0.3) is 0 Å². The Balaban J connectivity index is 4.42. The molecular formula is C54H94O6. The molecule has 0 aliphatic rings. The van der Waals surface area contributed by atoms with Gasteiger partial charge in [-0.15, -0.1) is 0 Å². The second kappa shape index (κ2) is 48.8. The summed E-state index contributed by atoms with van der Waals surface area (Å²) in [5.74, 6) is -0.924. The van der Waals surface area contributed by atoms with Gasteiger partial charge in [-0.3, -0.25) is 14.4 Å². The monoisotopic (exact) mass is 839 g/mol. The summed E-state index contributed by atoms with van der Waals surface area (Å²) in [5, 5.41) is 0. The van der Waals surface area contributed by atoms with E-state index in [9.17, 15) is 14.4 Å². The average Bonchev–Trinajstić information content (AvgIpc) is 3.24. The summed E-state index contributed by atoms with van der Waals surface area (Å²) in [5.41, 5.74) is 0. The highest BCUT2D eigenvalue weighted by Crippen LogP contribution is 2.14. The van der Waals surface area contributed by atoms with Crippen LogP contribution in [0.3, 0.4) is 0 Å². The van der Waals surface area contributed by atoms with Crippen molar-refractivity contribution in [2.75, 3.05) is 13.2 Å². The van der Waals surface area contributed by atoms with Crippen LogP contribution in [0.4, 0.5) is 0 Å². The van der Waals surface area contributed by atoms with Gasteiger partial charge in [0.1, 0.15) is 13.2 Å². The maximum atomic E-state index is 12.8. The Morgan fingerprint density at radius 2 is 0.617 bits per heavy atom. The minimum atomic E-state index is -0.788. The van der Waals surface area contributed by atoms with E-state index in [1.165, 1.54) is 109 Å². The van der Waals surface area contributed by atoms with E-state index in [-0.39, 0.29) is 31.1 Å². The van der Waals surface area contributed by atoms with Crippen molar-refractivity contribution >= 4 is 17.9 Å². The van der Waals surface area contributed by atoms with E-state index >= 15 is 0 Å². The first-order valence-corrected chi connectivity index (χ1v) is 25.3. The van der Waals surface area contributed by atoms with Gasteiger partial charge in [-0.2, -0.15) is 0 Å². The Morgan fingerprint density at radius 3 is 1.03 bits per heavy atom. The molecule has 0 saturated carbocycles. The first kappa shape index (κ1) is 57.1. The Kier molecular flexibility index (Phi) is 46.4. The molecule has 1 unspecified atom stereocenters. The highest BCUT2D eigenvalue weighted by atomic mass is 16.6. The zero-order chi connectivity index (χ0) is 43.7. The summed E-state index contributed by atoms with van der Waals surface area (Å²) < 4.78 is 16.7. The number of esters is 3. The number of carbonyl (C=O) groups is 3. The van der Waals surface area contributed by atoms with Crippen molar-refractivity contribution in [3.63, 3.8) is 0 Å². The number of hydrogen-bond donors (Lipinski definition) is 0. The standard InChI is InChI=1S/C54H94O6/c1-4-7-10-13-16-19-22-24-25-26-27-28-30-32-35-38-41-44-47-53(56)59-50-51(49-58-52(55)46-43-40-37-34-31-21-18-15-12-9-6-3)60-54(57)48-45-42-39-36-33-29-23-20-17-14-11-8-5-2/h16,19,22,24-29,33,51H,4-15,17-18,20-21,23,30-32,34-50H2,1-3H3/b19-16-,24-22-,26-25-,28-27-,33-29-. The number of rotatable bonds is 45. The van der Waals surface area contributed by atoms with E-state index < -0.39 is 6.10 Å². The highest BCUT2D eigenvalue weighted by Gasteiger charge is 2.19. The van der Waals surface area contributed by atoms with Crippen LogP contribution in [0, 0.1) is 0 Å². The third-order valence-corrected chi connectivity index (χ3v) is 10.8. The largest absolute Gasteiger partial charge is 0.462 e. The number of allylic oxidation sites excluding steroid dienone is 10. The molecule has 0 aromatic rings. The quantitative estimate of drug-likeness (QED) is 0.0200. The molecule has 60 heavy (non-hydrogen) atoms. The maximum absolute atomic E-state index is 12.8. The van der Waals surface area contributed by atoms with Gasteiger partial charge >= 0.3 is 17.9 Å². The molecular weight excluding hydrogens is 745 g/mol. The molecule has 0 N–H and O–H groups in total. The van der Waals surface area contributed by atoms with Crippen molar-refractivity contribution < 1.29 is 28.6 Å². The summed E-state index contributed by atoms with van der Waals surface area (Å²) in [6.45, 7) is 6.55. The summed E-state index contributed by atoms with van der Waals surface area (Å²) in [6.07, 6.45) is 59.1. The molecule has 0 radical (unpaired) electrons. The molecule has 0 rings (SSSR count). The topological polar surface area (TPSA) is 78.9 Å². The number of hydrogen-bond acceptors (Lipinski definition) is 6. The fraction of sp³-hybridized carbons (Fsp3) is 0.759. The molecule has 0 aromatic heterocycles. The summed E-state index contributed by atoms with van der Waals surface area (Å²) >= 11 is 0. The lowest BCUT2D eigenvalue weighted by atomic mass is 10.1. The van der Waals surface area contributed by atoms with Crippen molar-refractivity contribution in [2.45, 2.75) is 252 Å². The van der Waals surface area contributed by atoms with Crippen LogP contribution in [0.1, 0.15) is 245 Å². The summed E-state index contributed by atoms with van der Waals surface area (Å²) in [4.78, 5) is 37.9. The van der Waals surface area contributed by atoms with E-state index in [0.29, 0.717) is 19.3 Å². The minimum absolute atomic E-state index is 0.0865. The zero-order valence-corrected chi connectivity index (χ0v) is 39.5. The molecule has 0 aliphatic carbocycles. The van der Waals surface area contributed by atoms with E-state index in [2.05, 4.69) is 81.5 Å². The fourth-order valence-corrected chi connectivity index (χ4v) is 6.98. The molecule has 0 aromatic carbocycles. The van der Waals surface area contributed by atoms with Crippen LogP contribution >= 0.6 is 0 Å². The van der Waals surface area contributed by atoms with Crippen LogP contribution in [0.15, 0.2) is 60.8 Å². The number of unbranched alkanes of at least 4 members (excludes halogenated alkanes) is 27. The van der Waals surface area contributed by atoms with Crippen molar-refractivity contribution in [1.82, 2.24) is 0 Å². The smallest absolute Gasteiger partial charge is 0.306 e. The molecule has 0 heterocycles. The molecule has 6 nitrogen and oxygen atoms in total. The molecule has 0 spiro atoms. The molecule has 0 aliphatic heterocycles. The van der Waals surface area contributed by atoms with Crippen LogP contribution in [0.2, 0.25) is 0 Å². The highest BCUT2D eigenvalue weighted by molar-refractivity contribution is 5.71. The third-order valence-electron chi connectivity index (χ3n) is 10.8. The molecule has 0 saturated heterocycles. The Morgan fingerprint density at radius 1 is 0.333 bits per heavy atom. The number of ether oxygens (including phenoxy) is 3. The van der Waals surface area contributed by atoms with E-state index in [1.807, 2.05) is 0 Å². The van der Waals surface area contributed by atoms with Crippen molar-refractivity contribution in [1.29, 1.82) is 0 Å². The van der Waals surface area contributed by atoms with Gasteiger partial charge in [-0.05, 0) is 70.6 Å². The van der Waals surface area contributed by atoms with Gasteiger partial charge in [0.2, 0.25) is 0 Å². The van der Waals surface area contributed by atoms with Gasteiger partial charge in [-0.25, -0.2) is 0 Å². The first-order chi connectivity index (χ1) is 29.5. The van der Waals surface area contributed by atoms with Crippen molar-refractivity contribution in [3.05, 3.63) is 60.8 Å². The molecule has 0 fully saturated rings. The van der Waals surface area contributed by atoms with E-state index in [4.69, 9.17) is 14.2 Å². The van der Waals surface area contributed by atoms with Gasteiger partial charge in [-0.1, -0.05) is 216 Å². The van der Waals surface area contributed by atoms with Gasteiger partial charge in [0.05, 0.1) is 0 Å². The maximum Gasteiger partial charge on any atom is 0.306 e. The third kappa shape index (κ3) is 46.2. The Labute approximate surface area is 370 Å². The van der Waals surface area contributed by atoms with Gasteiger partial charge in [0.15, 0.2) is 6.10 Å². The molecule has 346 valence electrons. The zero-order valence-electron chi connectivity index (χ0n) is 39.5. The molecule has 6 heteroatoms. The SMILES string of the molecule is CCCCC\C=C/C=C\C=C/C=C\CCCCCCCC(=O)OCC(COC(=O)CCCCCCCCCCCCC)OC(=O)CCCCC/C=C\CCCCCCCC. The number of carbonyl (C=O) groups excluding carboxylic acids is 3. The predicted molar refractivity (Wildman–Crippen MR) is 256 cm³/mol. The van der Waals surface area contributed by atoms with Crippen LogP contribution in [0.25, 0.3) is 0 Å². The predicted octanol–water partition coefficient (Wildman–Crippen LogP) is 16.5. The Bertz CT molecular complexity index is 1100. The lowest BCUT2D eigenvalue weighted by molar-refractivity contribution is -0.167. The second-order valence-corrected chi connectivity index (χ2v) is 16.8. The molecule has 0 bridgehead atoms. The lowest BCUT2D eigenvalue weighted by Crippen LogP contribution is -2.30.